The lowest BCUT2D eigenvalue weighted by Crippen LogP contribution is -2.44. The molecule has 0 aliphatic carbocycles. The Bertz CT molecular complexity index is 617. The van der Waals surface area contributed by atoms with Gasteiger partial charge in [-0.25, -0.2) is 8.42 Å². The van der Waals surface area contributed by atoms with Crippen LogP contribution in [0.25, 0.3) is 0 Å². The minimum Gasteiger partial charge on any atom is -0.480 e. The van der Waals surface area contributed by atoms with Gasteiger partial charge in [-0.3, -0.25) is 4.79 Å². The number of sulfonamides is 1. The number of nitrogens with zero attached hydrogens (tertiary/aromatic N) is 1. The van der Waals surface area contributed by atoms with Crippen molar-refractivity contribution in [1.29, 1.82) is 5.26 Å². The third-order valence-corrected chi connectivity index (χ3v) is 4.01. The van der Waals surface area contributed by atoms with Crippen molar-refractivity contribution in [1.82, 2.24) is 4.72 Å². The van der Waals surface area contributed by atoms with Crippen LogP contribution in [0.15, 0.2) is 29.2 Å². The van der Waals surface area contributed by atoms with Crippen molar-refractivity contribution in [3.8, 4) is 6.07 Å². The maximum Gasteiger partial charge on any atom is 0.322 e. The third-order valence-electron chi connectivity index (χ3n) is 2.51. The number of rotatable bonds is 5. The van der Waals surface area contributed by atoms with Gasteiger partial charge in [-0.15, -0.1) is 0 Å². The Balaban J connectivity index is 3.19. The van der Waals surface area contributed by atoms with Crippen LogP contribution in [0.5, 0.6) is 0 Å². The molecule has 6 nitrogen and oxygen atoms in total. The Morgan fingerprint density at radius 1 is 1.37 bits per heavy atom. The first-order valence-electron chi connectivity index (χ1n) is 5.54. The predicted molar refractivity (Wildman–Crippen MR) is 67.7 cm³/mol. The summed E-state index contributed by atoms with van der Waals surface area (Å²) in [5.74, 6) is -1.67. The first-order valence-corrected chi connectivity index (χ1v) is 7.02. The number of nitriles is 1. The highest BCUT2D eigenvalue weighted by Crippen LogP contribution is 2.16. The van der Waals surface area contributed by atoms with Gasteiger partial charge < -0.3 is 5.11 Å². The Morgan fingerprint density at radius 3 is 2.42 bits per heavy atom. The third kappa shape index (κ3) is 3.53. The van der Waals surface area contributed by atoms with Crippen molar-refractivity contribution in [2.24, 2.45) is 5.92 Å². The molecule has 0 bridgehead atoms. The van der Waals surface area contributed by atoms with Crippen LogP contribution >= 0.6 is 0 Å². The van der Waals surface area contributed by atoms with E-state index in [2.05, 4.69) is 4.72 Å². The van der Waals surface area contributed by atoms with E-state index in [-0.39, 0.29) is 10.5 Å². The summed E-state index contributed by atoms with van der Waals surface area (Å²) in [7, 11) is -4.05. The number of hydrogen-bond acceptors (Lipinski definition) is 4. The molecule has 1 aromatic rings. The van der Waals surface area contributed by atoms with Crippen LogP contribution in [0.3, 0.4) is 0 Å². The predicted octanol–water partition coefficient (Wildman–Crippen LogP) is 0.946. The summed E-state index contributed by atoms with van der Waals surface area (Å²) < 4.78 is 26.3. The van der Waals surface area contributed by atoms with Crippen molar-refractivity contribution in [3.05, 3.63) is 29.8 Å². The molecule has 1 rings (SSSR count). The highest BCUT2D eigenvalue weighted by molar-refractivity contribution is 7.89. The van der Waals surface area contributed by atoms with Crippen LogP contribution in [0.1, 0.15) is 19.4 Å². The number of carboxylic acid groups (broad SMARTS) is 1. The van der Waals surface area contributed by atoms with E-state index in [1.54, 1.807) is 19.9 Å². The van der Waals surface area contributed by atoms with Crippen molar-refractivity contribution >= 4 is 16.0 Å². The quantitative estimate of drug-likeness (QED) is 0.836. The molecule has 0 spiro atoms. The number of aliphatic carboxylic acids is 1. The van der Waals surface area contributed by atoms with Gasteiger partial charge in [0.2, 0.25) is 10.0 Å². The first-order chi connectivity index (χ1) is 8.79. The molecule has 7 heteroatoms. The van der Waals surface area contributed by atoms with Crippen LogP contribution in [0.4, 0.5) is 0 Å². The number of hydrogen-bond donors (Lipinski definition) is 2. The molecule has 0 aromatic heterocycles. The van der Waals surface area contributed by atoms with E-state index in [4.69, 9.17) is 10.4 Å². The van der Waals surface area contributed by atoms with Crippen LogP contribution in [0, 0.1) is 17.2 Å². The molecule has 0 fully saturated rings. The first kappa shape index (κ1) is 15.1. The van der Waals surface area contributed by atoms with E-state index >= 15 is 0 Å². The van der Waals surface area contributed by atoms with Crippen LogP contribution < -0.4 is 4.72 Å². The molecular weight excluding hydrogens is 268 g/mol. The zero-order chi connectivity index (χ0) is 14.6. The molecule has 0 amide bonds. The fraction of sp³-hybridized carbons (Fsp3) is 0.333. The largest absolute Gasteiger partial charge is 0.480 e. The molecule has 0 heterocycles. The second-order valence-corrected chi connectivity index (χ2v) is 5.97. The average molecular weight is 282 g/mol. The number of benzene rings is 1. The zero-order valence-electron chi connectivity index (χ0n) is 10.5. The number of carbonyl (C=O) groups is 1. The van der Waals surface area contributed by atoms with Crippen molar-refractivity contribution in [3.63, 3.8) is 0 Å². The highest BCUT2D eigenvalue weighted by atomic mass is 32.2. The Hall–Kier alpha value is -1.91. The van der Waals surface area contributed by atoms with Crippen molar-refractivity contribution < 1.29 is 18.3 Å². The monoisotopic (exact) mass is 282 g/mol. The molecule has 102 valence electrons. The van der Waals surface area contributed by atoms with Crippen molar-refractivity contribution in [2.45, 2.75) is 24.8 Å². The minimum absolute atomic E-state index is 0.0251. The normalized spacial score (nSPS) is 12.9. The average Bonchev–Trinajstić information content (AvgIpc) is 2.35. The number of nitrogens with one attached hydrogen (secondary N) is 1. The van der Waals surface area contributed by atoms with Gasteiger partial charge in [0, 0.05) is 0 Å². The molecule has 2 N–H and O–H groups in total. The molecule has 1 aromatic carbocycles. The fourth-order valence-corrected chi connectivity index (χ4v) is 2.99. The van der Waals surface area contributed by atoms with Crippen LogP contribution in [0.2, 0.25) is 0 Å². The lowest BCUT2D eigenvalue weighted by molar-refractivity contribution is -0.140. The molecule has 0 aliphatic heterocycles. The van der Waals surface area contributed by atoms with E-state index in [0.717, 1.165) is 0 Å². The zero-order valence-corrected chi connectivity index (χ0v) is 11.3. The summed E-state index contributed by atoms with van der Waals surface area (Å²) >= 11 is 0. The van der Waals surface area contributed by atoms with Crippen LogP contribution in [-0.4, -0.2) is 25.5 Å². The molecule has 19 heavy (non-hydrogen) atoms. The Kier molecular flexibility index (Phi) is 4.64. The summed E-state index contributed by atoms with van der Waals surface area (Å²) in [5, 5.41) is 17.9. The smallest absolute Gasteiger partial charge is 0.322 e. The second-order valence-electron chi connectivity index (χ2n) is 4.29. The van der Waals surface area contributed by atoms with Gasteiger partial charge in [-0.05, 0) is 18.1 Å². The Labute approximate surface area is 111 Å². The van der Waals surface area contributed by atoms with Gasteiger partial charge in [-0.2, -0.15) is 9.98 Å². The van der Waals surface area contributed by atoms with Gasteiger partial charge in [0.15, 0.2) is 0 Å². The lowest BCUT2D eigenvalue weighted by Gasteiger charge is -2.18. The summed E-state index contributed by atoms with van der Waals surface area (Å²) in [6, 6.07) is 6.16. The molecule has 0 saturated heterocycles. The summed E-state index contributed by atoms with van der Waals surface area (Å²) in [5.41, 5.74) is -0.0251. The Morgan fingerprint density at radius 2 is 1.95 bits per heavy atom. The van der Waals surface area contributed by atoms with E-state index in [9.17, 15) is 13.2 Å². The van der Waals surface area contributed by atoms with Gasteiger partial charge in [-0.1, -0.05) is 26.0 Å². The van der Waals surface area contributed by atoms with Gasteiger partial charge in [0.1, 0.15) is 12.1 Å². The van der Waals surface area contributed by atoms with E-state index in [0.29, 0.717) is 0 Å². The highest BCUT2D eigenvalue weighted by Gasteiger charge is 2.29. The van der Waals surface area contributed by atoms with Crippen LogP contribution in [-0.2, 0) is 14.8 Å². The van der Waals surface area contributed by atoms with Gasteiger partial charge in [0.05, 0.1) is 10.5 Å². The van der Waals surface area contributed by atoms with Gasteiger partial charge >= 0.3 is 5.97 Å². The molecular formula is C12H14N2O4S. The maximum atomic E-state index is 12.1. The minimum atomic E-state index is -4.05. The van der Waals surface area contributed by atoms with E-state index < -0.39 is 28.0 Å². The number of carboxylic acids is 1. The fourth-order valence-electron chi connectivity index (χ4n) is 1.50. The molecule has 0 radical (unpaired) electrons. The lowest BCUT2D eigenvalue weighted by atomic mass is 10.1. The van der Waals surface area contributed by atoms with E-state index in [1.165, 1.54) is 24.3 Å². The van der Waals surface area contributed by atoms with Gasteiger partial charge in [0.25, 0.3) is 0 Å². The second kappa shape index (κ2) is 5.82. The summed E-state index contributed by atoms with van der Waals surface area (Å²) in [4.78, 5) is 10.8. The molecule has 0 aliphatic rings. The summed E-state index contributed by atoms with van der Waals surface area (Å²) in [6.07, 6.45) is 0. The molecule has 1 atom stereocenters. The SMILES string of the molecule is CC(C)C(NS(=O)(=O)c1ccccc1C#N)C(=O)O. The van der Waals surface area contributed by atoms with E-state index in [1.807, 2.05) is 0 Å². The van der Waals surface area contributed by atoms with Crippen molar-refractivity contribution in [2.75, 3.05) is 0 Å². The molecule has 1 unspecified atom stereocenters. The maximum absolute atomic E-state index is 12.1. The topological polar surface area (TPSA) is 107 Å². The molecule has 0 saturated carbocycles. The standard InChI is InChI=1S/C12H14N2O4S/c1-8(2)11(12(15)16)14-19(17,18)10-6-4-3-5-9(10)7-13/h3-6,8,11,14H,1-2H3,(H,15,16). The summed E-state index contributed by atoms with van der Waals surface area (Å²) in [6.45, 7) is 3.19.